The minimum absolute atomic E-state index is 0.00347. The third-order valence-corrected chi connectivity index (χ3v) is 3.87. The third kappa shape index (κ3) is 1.10. The maximum atomic E-state index is 10.0. The van der Waals surface area contributed by atoms with Crippen molar-refractivity contribution in [2.24, 2.45) is 23.2 Å². The summed E-state index contributed by atoms with van der Waals surface area (Å²) in [4.78, 5) is 0. The summed E-state index contributed by atoms with van der Waals surface area (Å²) in [6, 6.07) is 0. The van der Waals surface area contributed by atoms with Gasteiger partial charge in [-0.25, -0.2) is 0 Å². The lowest BCUT2D eigenvalue weighted by Gasteiger charge is -2.37. The van der Waals surface area contributed by atoms with Crippen LogP contribution in [0, 0.1) is 23.2 Å². The molecule has 0 unspecified atom stereocenters. The first-order valence-electron chi connectivity index (χ1n) is 5.18. The molecular weight excluding hydrogens is 148 g/mol. The topological polar surface area (TPSA) is 20.2 Å². The Labute approximate surface area is 75.2 Å². The average Bonchev–Trinajstić information content (AvgIpc) is 2.42. The molecular formula is C11H20O. The second-order valence-electron chi connectivity index (χ2n) is 5.72. The Kier molecular flexibility index (Phi) is 1.76. The quantitative estimate of drug-likeness (QED) is 0.589. The van der Waals surface area contributed by atoms with Crippen LogP contribution in [-0.4, -0.2) is 11.2 Å². The van der Waals surface area contributed by atoms with Gasteiger partial charge in [0.15, 0.2) is 0 Å². The molecule has 12 heavy (non-hydrogen) atoms. The van der Waals surface area contributed by atoms with Crippen molar-refractivity contribution < 1.29 is 5.11 Å². The molecule has 0 heterocycles. The molecule has 2 saturated carbocycles. The predicted octanol–water partition coefficient (Wildman–Crippen LogP) is 2.44. The molecule has 0 radical (unpaired) electrons. The Morgan fingerprint density at radius 1 is 1.08 bits per heavy atom. The first-order valence-corrected chi connectivity index (χ1v) is 5.18. The van der Waals surface area contributed by atoms with Crippen molar-refractivity contribution >= 4 is 0 Å². The first-order chi connectivity index (χ1) is 5.50. The van der Waals surface area contributed by atoms with Gasteiger partial charge in [-0.1, -0.05) is 20.8 Å². The number of aliphatic hydroxyl groups is 1. The molecule has 2 aliphatic rings. The fourth-order valence-electron chi connectivity index (χ4n) is 3.48. The highest BCUT2D eigenvalue weighted by atomic mass is 16.3. The van der Waals surface area contributed by atoms with E-state index < -0.39 is 0 Å². The van der Waals surface area contributed by atoms with Gasteiger partial charge in [0.1, 0.15) is 0 Å². The predicted molar refractivity (Wildman–Crippen MR) is 49.8 cm³/mol. The molecule has 1 nitrogen and oxygen atoms in total. The van der Waals surface area contributed by atoms with Crippen molar-refractivity contribution in [3.05, 3.63) is 0 Å². The maximum absolute atomic E-state index is 10.0. The molecule has 0 aromatic heterocycles. The Bertz CT molecular complexity index is 178. The molecule has 2 aliphatic carbocycles. The summed E-state index contributed by atoms with van der Waals surface area (Å²) in [5.74, 6) is 2.03. The van der Waals surface area contributed by atoms with E-state index in [9.17, 15) is 5.11 Å². The summed E-state index contributed by atoms with van der Waals surface area (Å²) in [7, 11) is 0. The van der Waals surface area contributed by atoms with Gasteiger partial charge in [-0.05, 0) is 42.4 Å². The van der Waals surface area contributed by atoms with Crippen LogP contribution in [0.15, 0.2) is 0 Å². The van der Waals surface area contributed by atoms with Crippen LogP contribution in [0.25, 0.3) is 0 Å². The summed E-state index contributed by atoms with van der Waals surface area (Å²) in [5, 5.41) is 10.0. The van der Waals surface area contributed by atoms with E-state index in [0.717, 1.165) is 5.92 Å². The van der Waals surface area contributed by atoms with E-state index in [4.69, 9.17) is 0 Å². The molecule has 0 aromatic carbocycles. The van der Waals surface area contributed by atoms with Crippen molar-refractivity contribution in [3.63, 3.8) is 0 Å². The van der Waals surface area contributed by atoms with Crippen LogP contribution in [0.3, 0.4) is 0 Å². The lowest BCUT2D eigenvalue weighted by Crippen LogP contribution is -2.36. The zero-order valence-corrected chi connectivity index (χ0v) is 8.38. The highest BCUT2D eigenvalue weighted by Gasteiger charge is 2.50. The van der Waals surface area contributed by atoms with Crippen LogP contribution in [0.5, 0.6) is 0 Å². The van der Waals surface area contributed by atoms with Crippen molar-refractivity contribution in [3.8, 4) is 0 Å². The number of aliphatic hydroxyl groups excluding tert-OH is 1. The summed E-state index contributed by atoms with van der Waals surface area (Å²) < 4.78 is 0. The van der Waals surface area contributed by atoms with Crippen LogP contribution < -0.4 is 0 Å². The minimum Gasteiger partial charge on any atom is -0.393 e. The van der Waals surface area contributed by atoms with Crippen molar-refractivity contribution in [2.45, 2.75) is 46.1 Å². The fraction of sp³-hybridized carbons (Fsp3) is 1.00. The molecule has 0 aliphatic heterocycles. The van der Waals surface area contributed by atoms with Gasteiger partial charge in [0.2, 0.25) is 0 Å². The minimum atomic E-state index is 0.00347. The molecule has 70 valence electrons. The standard InChI is InChI=1S/C11H20O/c1-11(2,3)9-7-4-5-8(6-7)10(9)12/h7-10,12H,4-6H2,1-3H3/t7-,8+,9+,10-/m0/s1. The van der Waals surface area contributed by atoms with E-state index in [0.29, 0.717) is 17.3 Å². The Morgan fingerprint density at radius 2 is 1.67 bits per heavy atom. The lowest BCUT2D eigenvalue weighted by atomic mass is 9.70. The van der Waals surface area contributed by atoms with Crippen LogP contribution >= 0.6 is 0 Å². The number of hydrogen-bond acceptors (Lipinski definition) is 1. The Balaban J connectivity index is 2.17. The highest BCUT2D eigenvalue weighted by Crippen LogP contribution is 2.54. The normalized spacial score (nSPS) is 47.0. The lowest BCUT2D eigenvalue weighted by molar-refractivity contribution is 0.00240. The van der Waals surface area contributed by atoms with Gasteiger partial charge in [-0.2, -0.15) is 0 Å². The van der Waals surface area contributed by atoms with E-state index in [1.807, 2.05) is 0 Å². The Hall–Kier alpha value is -0.0400. The van der Waals surface area contributed by atoms with Gasteiger partial charge in [-0.3, -0.25) is 0 Å². The monoisotopic (exact) mass is 168 g/mol. The highest BCUT2D eigenvalue weighted by molar-refractivity contribution is 5.00. The van der Waals surface area contributed by atoms with Crippen LogP contribution in [0.4, 0.5) is 0 Å². The second kappa shape index (κ2) is 2.47. The molecule has 2 bridgehead atoms. The van der Waals surface area contributed by atoms with E-state index in [-0.39, 0.29) is 6.10 Å². The second-order valence-corrected chi connectivity index (χ2v) is 5.72. The van der Waals surface area contributed by atoms with Gasteiger partial charge in [-0.15, -0.1) is 0 Å². The Morgan fingerprint density at radius 3 is 2.00 bits per heavy atom. The van der Waals surface area contributed by atoms with E-state index >= 15 is 0 Å². The molecule has 0 saturated heterocycles. The van der Waals surface area contributed by atoms with Gasteiger partial charge < -0.3 is 5.11 Å². The zero-order chi connectivity index (χ0) is 8.93. The molecule has 0 amide bonds. The third-order valence-electron chi connectivity index (χ3n) is 3.87. The average molecular weight is 168 g/mol. The van der Waals surface area contributed by atoms with Gasteiger partial charge in [0.05, 0.1) is 6.10 Å². The summed E-state index contributed by atoms with van der Waals surface area (Å²) >= 11 is 0. The number of hydrogen-bond donors (Lipinski definition) is 1. The van der Waals surface area contributed by atoms with Crippen LogP contribution in [0.1, 0.15) is 40.0 Å². The maximum Gasteiger partial charge on any atom is 0.0604 e. The van der Waals surface area contributed by atoms with Gasteiger partial charge in [0.25, 0.3) is 0 Å². The van der Waals surface area contributed by atoms with Gasteiger partial charge in [0, 0.05) is 0 Å². The van der Waals surface area contributed by atoms with Gasteiger partial charge >= 0.3 is 0 Å². The summed E-state index contributed by atoms with van der Waals surface area (Å²) in [6.07, 6.45) is 3.94. The van der Waals surface area contributed by atoms with Crippen molar-refractivity contribution in [1.82, 2.24) is 0 Å². The number of rotatable bonds is 0. The fourth-order valence-corrected chi connectivity index (χ4v) is 3.48. The first kappa shape index (κ1) is 8.55. The molecule has 2 rings (SSSR count). The van der Waals surface area contributed by atoms with E-state index in [1.165, 1.54) is 19.3 Å². The molecule has 1 heteroatoms. The molecule has 4 atom stereocenters. The smallest absolute Gasteiger partial charge is 0.0604 e. The largest absolute Gasteiger partial charge is 0.393 e. The molecule has 2 fully saturated rings. The SMILES string of the molecule is CC(C)(C)[C@@H]1[C@H]2CC[C@H](C2)[C@@H]1O. The van der Waals surface area contributed by atoms with E-state index in [2.05, 4.69) is 20.8 Å². The van der Waals surface area contributed by atoms with E-state index in [1.54, 1.807) is 0 Å². The molecule has 0 aromatic rings. The van der Waals surface area contributed by atoms with Crippen LogP contribution in [0.2, 0.25) is 0 Å². The van der Waals surface area contributed by atoms with Crippen molar-refractivity contribution in [1.29, 1.82) is 0 Å². The summed E-state index contributed by atoms with van der Waals surface area (Å²) in [6.45, 7) is 6.80. The zero-order valence-electron chi connectivity index (χ0n) is 8.38. The summed E-state index contributed by atoms with van der Waals surface area (Å²) in [5.41, 5.74) is 0.305. The molecule has 0 spiro atoms. The van der Waals surface area contributed by atoms with Crippen LogP contribution in [-0.2, 0) is 0 Å². The van der Waals surface area contributed by atoms with Crippen molar-refractivity contribution in [2.75, 3.05) is 0 Å². The molecule has 1 N–H and O–H groups in total. The number of fused-ring (bicyclic) bond motifs is 2.